The molecule has 0 fully saturated rings. The second-order valence-electron chi connectivity index (χ2n) is 5.91. The maximum atomic E-state index is 6.00. The first-order chi connectivity index (χ1) is 11.8. The van der Waals surface area contributed by atoms with E-state index in [0.29, 0.717) is 6.04 Å². The summed E-state index contributed by atoms with van der Waals surface area (Å²) in [5, 5.41) is 3.63. The van der Waals surface area contributed by atoms with Gasteiger partial charge >= 0.3 is 0 Å². The molecule has 1 unspecified atom stereocenters. The largest absolute Gasteiger partial charge is 0.460 e. The number of nitrogens with one attached hydrogen (secondary N) is 1. The molecule has 0 aliphatic rings. The van der Waals surface area contributed by atoms with Crippen molar-refractivity contribution in [1.82, 2.24) is 5.32 Å². The highest BCUT2D eigenvalue weighted by molar-refractivity contribution is 9.10. The number of benzene rings is 2. The van der Waals surface area contributed by atoms with Gasteiger partial charge in [-0.3, -0.25) is 0 Å². The number of furan rings is 1. The van der Waals surface area contributed by atoms with Gasteiger partial charge < -0.3 is 9.73 Å². The molecule has 0 saturated carbocycles. The molecule has 4 heteroatoms. The summed E-state index contributed by atoms with van der Waals surface area (Å²) in [7, 11) is 0. The molecule has 0 radical (unpaired) electrons. The van der Waals surface area contributed by atoms with Crippen molar-refractivity contribution in [3.63, 3.8) is 0 Å². The first kappa shape index (κ1) is 19.8. The normalized spacial score (nSPS) is 11.8. The molecule has 2 aromatic carbocycles. The van der Waals surface area contributed by atoms with E-state index in [9.17, 15) is 0 Å². The van der Waals surface area contributed by atoms with E-state index in [2.05, 4.69) is 76.7 Å². The van der Waals surface area contributed by atoms with E-state index >= 15 is 0 Å². The highest BCUT2D eigenvalue weighted by Gasteiger charge is 2.11. The fourth-order valence-electron chi connectivity index (χ4n) is 2.83. The first-order valence-corrected chi connectivity index (χ1v) is 9.18. The van der Waals surface area contributed by atoms with Crippen molar-refractivity contribution in [2.45, 2.75) is 32.4 Å². The smallest absolute Gasteiger partial charge is 0.134 e. The molecule has 0 bridgehead atoms. The Bertz CT molecular complexity index is 755. The molecule has 0 aliphatic carbocycles. The summed E-state index contributed by atoms with van der Waals surface area (Å²) in [6, 6.07) is 23.2. The number of rotatable bonds is 7. The fraction of sp³-hybridized carbons (Fsp3) is 0.238. The van der Waals surface area contributed by atoms with E-state index in [1.54, 1.807) is 0 Å². The van der Waals surface area contributed by atoms with Crippen LogP contribution in [-0.2, 0) is 6.54 Å². The standard InChI is InChI=1S/C21H22BrNO.ClH/c1-2-6-20(16-7-4-3-5-8-16)23-15-19-13-14-21(24-19)17-9-11-18(22)12-10-17;/h3-5,7-14,20,23H,2,6,15H2,1H3;1H. The molecular weight excluding hydrogens is 398 g/mol. The first-order valence-electron chi connectivity index (χ1n) is 8.39. The Morgan fingerprint density at radius 1 is 0.960 bits per heavy atom. The maximum absolute atomic E-state index is 6.00. The van der Waals surface area contributed by atoms with Crippen LogP contribution >= 0.6 is 28.3 Å². The van der Waals surface area contributed by atoms with Crippen LogP contribution in [-0.4, -0.2) is 0 Å². The Hall–Kier alpha value is -1.55. The van der Waals surface area contributed by atoms with Crippen molar-refractivity contribution in [3.8, 4) is 11.3 Å². The molecule has 0 saturated heterocycles. The summed E-state index contributed by atoms with van der Waals surface area (Å²) in [5.74, 6) is 1.87. The summed E-state index contributed by atoms with van der Waals surface area (Å²) in [4.78, 5) is 0. The van der Waals surface area contributed by atoms with Gasteiger partial charge in [-0.25, -0.2) is 0 Å². The second-order valence-corrected chi connectivity index (χ2v) is 6.82. The number of hydrogen-bond donors (Lipinski definition) is 1. The Kier molecular flexibility index (Phi) is 7.76. The van der Waals surface area contributed by atoms with Gasteiger partial charge in [0.05, 0.1) is 6.54 Å². The van der Waals surface area contributed by atoms with E-state index in [1.165, 1.54) is 5.56 Å². The molecule has 25 heavy (non-hydrogen) atoms. The minimum Gasteiger partial charge on any atom is -0.460 e. The highest BCUT2D eigenvalue weighted by atomic mass is 79.9. The zero-order chi connectivity index (χ0) is 16.8. The lowest BCUT2D eigenvalue weighted by molar-refractivity contribution is 0.439. The van der Waals surface area contributed by atoms with Crippen LogP contribution < -0.4 is 5.32 Å². The SMILES string of the molecule is CCCC(NCc1ccc(-c2ccc(Br)cc2)o1)c1ccccc1.Cl. The van der Waals surface area contributed by atoms with Gasteiger partial charge in [-0.15, -0.1) is 12.4 Å². The van der Waals surface area contributed by atoms with Gasteiger partial charge in [-0.1, -0.05) is 71.7 Å². The van der Waals surface area contributed by atoms with Crippen LogP contribution in [0.4, 0.5) is 0 Å². The minimum absolute atomic E-state index is 0. The third-order valence-electron chi connectivity index (χ3n) is 4.09. The average Bonchev–Trinajstić information content (AvgIpc) is 3.09. The molecule has 0 amide bonds. The van der Waals surface area contributed by atoms with Crippen LogP contribution in [0.5, 0.6) is 0 Å². The molecular formula is C21H23BrClNO. The second kappa shape index (κ2) is 9.81. The van der Waals surface area contributed by atoms with Crippen LogP contribution in [0.2, 0.25) is 0 Å². The highest BCUT2D eigenvalue weighted by Crippen LogP contribution is 2.25. The minimum atomic E-state index is 0. The third kappa shape index (κ3) is 5.46. The van der Waals surface area contributed by atoms with Crippen LogP contribution in [0.25, 0.3) is 11.3 Å². The van der Waals surface area contributed by atoms with Crippen molar-refractivity contribution < 1.29 is 4.42 Å². The van der Waals surface area contributed by atoms with E-state index < -0.39 is 0 Å². The van der Waals surface area contributed by atoms with Gasteiger partial charge in [0.1, 0.15) is 11.5 Å². The molecule has 1 atom stereocenters. The molecule has 3 aromatic rings. The lowest BCUT2D eigenvalue weighted by Gasteiger charge is -2.17. The van der Waals surface area contributed by atoms with Gasteiger partial charge in [0, 0.05) is 16.1 Å². The lowest BCUT2D eigenvalue weighted by Crippen LogP contribution is -2.20. The molecule has 1 aromatic heterocycles. The van der Waals surface area contributed by atoms with Crippen molar-refractivity contribution in [3.05, 3.63) is 82.5 Å². The molecule has 1 N–H and O–H groups in total. The Balaban J connectivity index is 0.00000225. The van der Waals surface area contributed by atoms with Crippen molar-refractivity contribution in [2.24, 2.45) is 0 Å². The van der Waals surface area contributed by atoms with Gasteiger partial charge in [0.25, 0.3) is 0 Å². The van der Waals surface area contributed by atoms with Crippen LogP contribution in [0.15, 0.2) is 75.6 Å². The summed E-state index contributed by atoms with van der Waals surface area (Å²) >= 11 is 3.46. The van der Waals surface area contributed by atoms with E-state index in [1.807, 2.05) is 18.2 Å². The fourth-order valence-corrected chi connectivity index (χ4v) is 3.09. The van der Waals surface area contributed by atoms with Crippen molar-refractivity contribution >= 4 is 28.3 Å². The molecule has 2 nitrogen and oxygen atoms in total. The zero-order valence-electron chi connectivity index (χ0n) is 14.2. The van der Waals surface area contributed by atoms with E-state index in [0.717, 1.165) is 40.9 Å². The van der Waals surface area contributed by atoms with Gasteiger partial charge in [-0.05, 0) is 36.2 Å². The summed E-state index contributed by atoms with van der Waals surface area (Å²) in [6.45, 7) is 2.95. The van der Waals surface area contributed by atoms with Crippen LogP contribution in [0.1, 0.15) is 37.1 Å². The van der Waals surface area contributed by atoms with Gasteiger partial charge in [0.15, 0.2) is 0 Å². The quantitative estimate of drug-likeness (QED) is 0.456. The molecule has 3 rings (SSSR count). The van der Waals surface area contributed by atoms with E-state index in [4.69, 9.17) is 4.42 Å². The molecule has 0 spiro atoms. The maximum Gasteiger partial charge on any atom is 0.134 e. The Labute approximate surface area is 164 Å². The van der Waals surface area contributed by atoms with Crippen LogP contribution in [0.3, 0.4) is 0 Å². The van der Waals surface area contributed by atoms with Crippen molar-refractivity contribution in [1.29, 1.82) is 0 Å². The van der Waals surface area contributed by atoms with Gasteiger partial charge in [0.2, 0.25) is 0 Å². The average molecular weight is 421 g/mol. The van der Waals surface area contributed by atoms with Crippen molar-refractivity contribution in [2.75, 3.05) is 0 Å². The summed E-state index contributed by atoms with van der Waals surface area (Å²) in [5.41, 5.74) is 2.43. The third-order valence-corrected chi connectivity index (χ3v) is 4.62. The van der Waals surface area contributed by atoms with E-state index in [-0.39, 0.29) is 12.4 Å². The summed E-state index contributed by atoms with van der Waals surface area (Å²) in [6.07, 6.45) is 2.26. The van der Waals surface area contributed by atoms with Crippen LogP contribution in [0, 0.1) is 0 Å². The Morgan fingerprint density at radius 2 is 1.68 bits per heavy atom. The predicted octanol–water partition coefficient (Wildman–Crippen LogP) is 6.76. The summed E-state index contributed by atoms with van der Waals surface area (Å²) < 4.78 is 7.07. The molecule has 132 valence electrons. The molecule has 0 aliphatic heterocycles. The number of halogens is 2. The topological polar surface area (TPSA) is 25.2 Å². The van der Waals surface area contributed by atoms with Gasteiger partial charge in [-0.2, -0.15) is 0 Å². The monoisotopic (exact) mass is 419 g/mol. The molecule has 1 heterocycles. The lowest BCUT2D eigenvalue weighted by atomic mass is 10.0. The Morgan fingerprint density at radius 3 is 2.36 bits per heavy atom. The number of hydrogen-bond acceptors (Lipinski definition) is 2. The zero-order valence-corrected chi connectivity index (χ0v) is 16.6. The predicted molar refractivity (Wildman–Crippen MR) is 110 cm³/mol.